The lowest BCUT2D eigenvalue weighted by molar-refractivity contribution is 0.0946. The highest BCUT2D eigenvalue weighted by Gasteiger charge is 2.22. The SMILES string of the molecule is Cc1cccc(N2CCN(CCCNC(=O)c3nc(-c4ccccc4)n(-c4ccccc4)c3C)CC2)c1C.Cl.Cl. The lowest BCUT2D eigenvalue weighted by atomic mass is 10.1. The molecule has 0 radical (unpaired) electrons. The van der Waals surface area contributed by atoms with Crippen LogP contribution in [0.1, 0.15) is 33.7 Å². The van der Waals surface area contributed by atoms with E-state index in [4.69, 9.17) is 4.98 Å². The minimum Gasteiger partial charge on any atom is -0.369 e. The summed E-state index contributed by atoms with van der Waals surface area (Å²) in [5.41, 5.74) is 7.39. The van der Waals surface area contributed by atoms with Crippen molar-refractivity contribution >= 4 is 36.4 Å². The maximum Gasteiger partial charge on any atom is 0.271 e. The largest absolute Gasteiger partial charge is 0.369 e. The molecular formula is C32H39Cl2N5O. The van der Waals surface area contributed by atoms with Crippen LogP contribution < -0.4 is 10.2 Å². The van der Waals surface area contributed by atoms with E-state index in [1.807, 2.05) is 67.6 Å². The summed E-state index contributed by atoms with van der Waals surface area (Å²) in [5.74, 6) is 0.662. The Kier molecular flexibility index (Phi) is 11.2. The second-order valence-electron chi connectivity index (χ2n) is 10.1. The van der Waals surface area contributed by atoms with Crippen molar-refractivity contribution in [2.75, 3.05) is 44.2 Å². The molecule has 1 N–H and O–H groups in total. The molecule has 0 atom stereocenters. The van der Waals surface area contributed by atoms with Crippen molar-refractivity contribution in [2.45, 2.75) is 27.2 Å². The van der Waals surface area contributed by atoms with Gasteiger partial charge in [-0.1, -0.05) is 60.7 Å². The number of anilines is 1. The van der Waals surface area contributed by atoms with Gasteiger partial charge in [-0.05, 0) is 63.1 Å². The van der Waals surface area contributed by atoms with E-state index in [0.717, 1.165) is 61.9 Å². The molecule has 0 spiro atoms. The fourth-order valence-corrected chi connectivity index (χ4v) is 5.27. The molecule has 1 fully saturated rings. The number of carbonyl (C=O) groups is 1. The van der Waals surface area contributed by atoms with E-state index in [-0.39, 0.29) is 30.7 Å². The lowest BCUT2D eigenvalue weighted by Gasteiger charge is -2.37. The van der Waals surface area contributed by atoms with Crippen LogP contribution in [-0.2, 0) is 0 Å². The van der Waals surface area contributed by atoms with Crippen LogP contribution in [0.25, 0.3) is 17.1 Å². The monoisotopic (exact) mass is 579 g/mol. The van der Waals surface area contributed by atoms with Gasteiger partial charge in [0.05, 0.1) is 5.69 Å². The fraction of sp³-hybridized carbons (Fsp3) is 0.312. The fourth-order valence-electron chi connectivity index (χ4n) is 5.27. The first-order valence-corrected chi connectivity index (χ1v) is 13.5. The number of aromatic nitrogens is 2. The molecule has 1 saturated heterocycles. The summed E-state index contributed by atoms with van der Waals surface area (Å²) in [6.45, 7) is 12.1. The second kappa shape index (κ2) is 14.4. The van der Waals surface area contributed by atoms with Crippen molar-refractivity contribution in [2.24, 2.45) is 0 Å². The van der Waals surface area contributed by atoms with E-state index in [9.17, 15) is 4.79 Å². The van der Waals surface area contributed by atoms with Crippen LogP contribution in [0, 0.1) is 20.8 Å². The number of nitrogens with zero attached hydrogens (tertiary/aromatic N) is 4. The number of halogens is 2. The number of benzene rings is 3. The highest BCUT2D eigenvalue weighted by Crippen LogP contribution is 2.27. The minimum atomic E-state index is -0.117. The van der Waals surface area contributed by atoms with E-state index in [1.165, 1.54) is 16.8 Å². The van der Waals surface area contributed by atoms with Crippen LogP contribution in [0.4, 0.5) is 5.69 Å². The zero-order chi connectivity index (χ0) is 26.5. The summed E-state index contributed by atoms with van der Waals surface area (Å²) >= 11 is 0. The Morgan fingerprint density at radius 1 is 0.825 bits per heavy atom. The maximum absolute atomic E-state index is 13.2. The molecule has 4 aromatic rings. The number of imidazole rings is 1. The third-order valence-corrected chi connectivity index (χ3v) is 7.59. The van der Waals surface area contributed by atoms with Gasteiger partial charge in [0.1, 0.15) is 11.5 Å². The van der Waals surface area contributed by atoms with Crippen LogP contribution >= 0.6 is 24.8 Å². The molecule has 1 aliphatic heterocycles. The third-order valence-electron chi connectivity index (χ3n) is 7.59. The van der Waals surface area contributed by atoms with Crippen molar-refractivity contribution in [3.63, 3.8) is 0 Å². The van der Waals surface area contributed by atoms with E-state index in [2.05, 4.69) is 51.7 Å². The summed E-state index contributed by atoms with van der Waals surface area (Å²) in [6.07, 6.45) is 0.916. The normalized spacial score (nSPS) is 13.3. The first-order valence-electron chi connectivity index (χ1n) is 13.5. The van der Waals surface area contributed by atoms with Gasteiger partial charge in [-0.15, -0.1) is 24.8 Å². The van der Waals surface area contributed by atoms with Gasteiger partial charge in [-0.3, -0.25) is 14.3 Å². The smallest absolute Gasteiger partial charge is 0.271 e. The van der Waals surface area contributed by atoms with Crippen LogP contribution in [0.2, 0.25) is 0 Å². The molecule has 0 unspecified atom stereocenters. The number of hydrogen-bond acceptors (Lipinski definition) is 4. The van der Waals surface area contributed by atoms with Crippen LogP contribution in [0.3, 0.4) is 0 Å². The average Bonchev–Trinajstić information content (AvgIpc) is 3.31. The molecule has 0 bridgehead atoms. The van der Waals surface area contributed by atoms with Gasteiger partial charge in [-0.2, -0.15) is 0 Å². The molecule has 8 heteroatoms. The Bertz CT molecular complexity index is 1380. The number of hydrogen-bond donors (Lipinski definition) is 1. The topological polar surface area (TPSA) is 53.4 Å². The quantitative estimate of drug-likeness (QED) is 0.251. The molecule has 212 valence electrons. The standard InChI is InChI=1S/C32H37N5O.2ClH/c1-24-12-10-17-29(25(24)2)36-22-20-35(21-23-36)19-11-18-33-32(38)30-26(3)37(28-15-8-5-9-16-28)31(34-30)27-13-6-4-7-14-27;;/h4-10,12-17H,11,18-23H2,1-3H3,(H,33,38);2*1H. The van der Waals surface area contributed by atoms with Crippen molar-refractivity contribution in [3.05, 3.63) is 101 Å². The Morgan fingerprint density at radius 2 is 1.48 bits per heavy atom. The van der Waals surface area contributed by atoms with Gasteiger partial charge in [0, 0.05) is 49.7 Å². The molecule has 0 aliphatic carbocycles. The van der Waals surface area contributed by atoms with Crippen molar-refractivity contribution < 1.29 is 4.79 Å². The predicted octanol–water partition coefficient (Wildman–Crippen LogP) is 6.25. The number of aryl methyl sites for hydroxylation is 1. The van der Waals surface area contributed by atoms with E-state index in [1.54, 1.807) is 0 Å². The molecule has 5 rings (SSSR count). The predicted molar refractivity (Wildman–Crippen MR) is 170 cm³/mol. The lowest BCUT2D eigenvalue weighted by Crippen LogP contribution is -2.47. The summed E-state index contributed by atoms with van der Waals surface area (Å²) in [7, 11) is 0. The number of piperazine rings is 1. The van der Waals surface area contributed by atoms with Gasteiger partial charge in [0.2, 0.25) is 0 Å². The second-order valence-corrected chi connectivity index (χ2v) is 10.1. The first-order chi connectivity index (χ1) is 18.5. The number of para-hydroxylation sites is 1. The zero-order valence-electron chi connectivity index (χ0n) is 23.5. The van der Waals surface area contributed by atoms with Gasteiger partial charge in [-0.25, -0.2) is 4.98 Å². The Hall–Kier alpha value is -3.32. The average molecular weight is 581 g/mol. The molecule has 40 heavy (non-hydrogen) atoms. The first kappa shape index (κ1) is 31.2. The number of amides is 1. The summed E-state index contributed by atoms with van der Waals surface area (Å²) < 4.78 is 2.07. The summed E-state index contributed by atoms with van der Waals surface area (Å²) in [6, 6.07) is 26.7. The Labute approximate surface area is 250 Å². The van der Waals surface area contributed by atoms with Gasteiger partial charge >= 0.3 is 0 Å². The van der Waals surface area contributed by atoms with E-state index < -0.39 is 0 Å². The van der Waals surface area contributed by atoms with Crippen molar-refractivity contribution in [1.29, 1.82) is 0 Å². The number of carbonyl (C=O) groups excluding carboxylic acids is 1. The number of rotatable bonds is 8. The van der Waals surface area contributed by atoms with E-state index >= 15 is 0 Å². The minimum absolute atomic E-state index is 0. The Balaban J connectivity index is 0.00000220. The van der Waals surface area contributed by atoms with Gasteiger partial charge in [0.15, 0.2) is 0 Å². The Morgan fingerprint density at radius 3 is 2.15 bits per heavy atom. The highest BCUT2D eigenvalue weighted by atomic mass is 35.5. The summed E-state index contributed by atoms with van der Waals surface area (Å²) in [4.78, 5) is 23.0. The zero-order valence-corrected chi connectivity index (χ0v) is 25.1. The molecule has 2 heterocycles. The maximum atomic E-state index is 13.2. The van der Waals surface area contributed by atoms with Crippen molar-refractivity contribution in [3.8, 4) is 17.1 Å². The molecule has 1 amide bonds. The van der Waals surface area contributed by atoms with Crippen molar-refractivity contribution in [1.82, 2.24) is 19.8 Å². The van der Waals surface area contributed by atoms with Crippen LogP contribution in [0.15, 0.2) is 78.9 Å². The molecule has 6 nitrogen and oxygen atoms in total. The summed E-state index contributed by atoms with van der Waals surface area (Å²) in [5, 5.41) is 3.12. The molecule has 1 aromatic heterocycles. The molecule has 0 saturated carbocycles. The van der Waals surface area contributed by atoms with E-state index in [0.29, 0.717) is 12.2 Å². The van der Waals surface area contributed by atoms with Crippen LogP contribution in [0.5, 0.6) is 0 Å². The molecule has 1 aliphatic rings. The number of nitrogens with one attached hydrogen (secondary N) is 1. The van der Waals surface area contributed by atoms with Gasteiger partial charge in [0.25, 0.3) is 5.91 Å². The highest BCUT2D eigenvalue weighted by molar-refractivity contribution is 5.94. The molecule has 3 aromatic carbocycles. The molecular weight excluding hydrogens is 541 g/mol. The third kappa shape index (κ3) is 6.87. The van der Waals surface area contributed by atoms with Crippen LogP contribution in [-0.4, -0.2) is 59.6 Å². The van der Waals surface area contributed by atoms with Gasteiger partial charge < -0.3 is 10.2 Å².